The van der Waals surface area contributed by atoms with Crippen LogP contribution in [0.2, 0.25) is 0 Å². The Bertz CT molecular complexity index is 1550. The summed E-state index contributed by atoms with van der Waals surface area (Å²) < 4.78 is 128. The number of sulfone groups is 1. The Hall–Kier alpha value is -3.36. The molecule has 240 valence electrons. The molecule has 2 aliphatic heterocycles. The van der Waals surface area contributed by atoms with Crippen molar-refractivity contribution in [2.45, 2.75) is 72.7 Å². The zero-order valence-electron chi connectivity index (χ0n) is 23.2. The highest BCUT2D eigenvalue weighted by molar-refractivity contribution is 7.92. The molecule has 1 aliphatic carbocycles. The van der Waals surface area contributed by atoms with Crippen LogP contribution in [0.25, 0.3) is 0 Å². The summed E-state index contributed by atoms with van der Waals surface area (Å²) in [5.74, 6) is -2.76. The minimum absolute atomic E-state index is 0.143. The number of benzene rings is 2. The van der Waals surface area contributed by atoms with Gasteiger partial charge in [0.25, 0.3) is 0 Å². The summed E-state index contributed by atoms with van der Waals surface area (Å²) in [4.78, 5) is 26.6. The summed E-state index contributed by atoms with van der Waals surface area (Å²) in [6.45, 7) is 0.897. The van der Waals surface area contributed by atoms with E-state index in [-0.39, 0.29) is 61.2 Å². The summed E-state index contributed by atoms with van der Waals surface area (Å²) in [5.41, 5.74) is -8.92. The second kappa shape index (κ2) is 10.3. The van der Waals surface area contributed by atoms with Crippen LogP contribution in [0, 0.1) is 11.3 Å². The number of carboxylic acid groups (broad SMARTS) is 1. The van der Waals surface area contributed by atoms with Crippen LogP contribution >= 0.6 is 0 Å². The van der Waals surface area contributed by atoms with Gasteiger partial charge in [-0.3, -0.25) is 9.59 Å². The average Bonchev–Trinajstić information content (AvgIpc) is 3.37. The number of alkyl halides is 7. The Morgan fingerprint density at radius 1 is 0.932 bits per heavy atom. The first-order valence-corrected chi connectivity index (χ1v) is 15.2. The molecule has 1 amide bonds. The molecule has 0 radical (unpaired) electrons. The molecule has 15 heteroatoms. The molecule has 1 saturated heterocycles. The summed E-state index contributed by atoms with van der Waals surface area (Å²) in [6.07, 6.45) is -12.2. The molecule has 0 aromatic heterocycles. The Morgan fingerprint density at radius 2 is 1.52 bits per heavy atom. The van der Waals surface area contributed by atoms with Gasteiger partial charge < -0.3 is 14.7 Å². The molecule has 5 rings (SSSR count). The van der Waals surface area contributed by atoms with E-state index in [0.29, 0.717) is 6.07 Å². The van der Waals surface area contributed by atoms with Gasteiger partial charge in [0.1, 0.15) is 17.1 Å². The van der Waals surface area contributed by atoms with E-state index in [1.165, 1.54) is 29.2 Å². The van der Waals surface area contributed by atoms with E-state index >= 15 is 0 Å². The molecule has 44 heavy (non-hydrogen) atoms. The Morgan fingerprint density at radius 3 is 2.07 bits per heavy atom. The number of halogens is 7. The molecule has 1 N–H and O–H groups in total. The molecule has 0 bridgehead atoms. The van der Waals surface area contributed by atoms with Crippen LogP contribution in [0.5, 0.6) is 5.75 Å². The van der Waals surface area contributed by atoms with Gasteiger partial charge in [0.2, 0.25) is 5.91 Å². The highest BCUT2D eigenvalue weighted by Crippen LogP contribution is 2.58. The average molecular weight is 652 g/mol. The van der Waals surface area contributed by atoms with Crippen molar-refractivity contribution < 1.29 is 58.6 Å². The van der Waals surface area contributed by atoms with Gasteiger partial charge in [-0.15, -0.1) is 0 Å². The minimum atomic E-state index is -6.39. The van der Waals surface area contributed by atoms with Crippen LogP contribution < -0.4 is 4.74 Å². The fourth-order valence-electron chi connectivity index (χ4n) is 6.84. The van der Waals surface area contributed by atoms with E-state index in [4.69, 9.17) is 4.74 Å². The maximum absolute atomic E-state index is 15.0. The van der Waals surface area contributed by atoms with Crippen molar-refractivity contribution >= 4 is 21.7 Å². The highest BCUT2D eigenvalue weighted by atomic mass is 32.2. The van der Waals surface area contributed by atoms with Crippen molar-refractivity contribution in [2.24, 2.45) is 11.3 Å². The number of amides is 1. The van der Waals surface area contributed by atoms with Gasteiger partial charge in [0.05, 0.1) is 16.9 Å². The summed E-state index contributed by atoms with van der Waals surface area (Å²) in [7, 11) is -4.51. The van der Waals surface area contributed by atoms with E-state index in [0.717, 1.165) is 0 Å². The minimum Gasteiger partial charge on any atom is -0.491 e. The second-order valence-electron chi connectivity index (χ2n) is 11.8. The number of aliphatic carboxylic acids is 1. The van der Waals surface area contributed by atoms with Gasteiger partial charge in [-0.25, -0.2) is 12.8 Å². The fourth-order valence-corrected chi connectivity index (χ4v) is 9.14. The molecule has 1 saturated carbocycles. The van der Waals surface area contributed by atoms with Gasteiger partial charge in [0.15, 0.2) is 9.84 Å². The summed E-state index contributed by atoms with van der Waals surface area (Å²) >= 11 is 0. The predicted octanol–water partition coefficient (Wildman–Crippen LogP) is 5.92. The third-order valence-corrected chi connectivity index (χ3v) is 11.9. The van der Waals surface area contributed by atoms with Gasteiger partial charge in [-0.05, 0) is 50.3 Å². The van der Waals surface area contributed by atoms with Crippen molar-refractivity contribution in [3.05, 3.63) is 59.7 Å². The number of hydrogen-bond donors (Lipinski definition) is 1. The van der Waals surface area contributed by atoms with E-state index in [1.54, 1.807) is 13.0 Å². The maximum Gasteiger partial charge on any atom is 0.435 e. The normalized spacial score (nSPS) is 27.7. The second-order valence-corrected chi connectivity index (χ2v) is 14.0. The van der Waals surface area contributed by atoms with Crippen LogP contribution in [0.15, 0.2) is 53.4 Å². The van der Waals surface area contributed by atoms with E-state index in [2.05, 4.69) is 0 Å². The largest absolute Gasteiger partial charge is 0.491 e. The maximum atomic E-state index is 15.0. The molecule has 2 heterocycles. The summed E-state index contributed by atoms with van der Waals surface area (Å²) in [5, 5.41) is 9.37. The first-order valence-electron chi connectivity index (χ1n) is 13.7. The van der Waals surface area contributed by atoms with Crippen LogP contribution in [-0.4, -0.2) is 61.8 Å². The number of carboxylic acids is 1. The molecule has 2 aromatic rings. The monoisotopic (exact) mass is 651 g/mol. The quantitative estimate of drug-likeness (QED) is 0.403. The molecular weight excluding hydrogens is 623 g/mol. The number of fused-ring (bicyclic) bond motifs is 3. The number of rotatable bonds is 5. The molecule has 2 unspecified atom stereocenters. The number of carbonyl (C=O) groups excluding carboxylic acids is 1. The number of ether oxygens (including phenoxy) is 1. The molecule has 7 nitrogen and oxygen atoms in total. The van der Waals surface area contributed by atoms with Gasteiger partial charge >= 0.3 is 24.0 Å². The molecule has 2 aromatic carbocycles. The fraction of sp³-hybridized carbons (Fsp3) is 0.517. The van der Waals surface area contributed by atoms with Gasteiger partial charge in [-0.1, -0.05) is 37.3 Å². The lowest BCUT2D eigenvalue weighted by Gasteiger charge is -2.45. The number of hydrogen-bond acceptors (Lipinski definition) is 5. The van der Waals surface area contributed by atoms with Crippen LogP contribution in [0.1, 0.15) is 50.2 Å². The number of likely N-dealkylation sites (tertiary alicyclic amines) is 1. The lowest BCUT2D eigenvalue weighted by atomic mass is 9.70. The number of carbonyl (C=O) groups is 2. The van der Waals surface area contributed by atoms with Gasteiger partial charge in [-0.2, -0.15) is 26.3 Å². The first-order chi connectivity index (χ1) is 20.3. The smallest absolute Gasteiger partial charge is 0.435 e. The van der Waals surface area contributed by atoms with Crippen molar-refractivity contribution in [3.63, 3.8) is 0 Å². The molecule has 2 atom stereocenters. The third-order valence-electron chi connectivity index (χ3n) is 9.40. The number of nitrogens with zero attached hydrogens (tertiary/aromatic N) is 1. The topological polar surface area (TPSA) is 101 Å². The SMILES string of the molecule is C[C@]1(C(=O)N2CCC3(S(=O)(=O)c4ccccc4)c4ccc(C(F)(C(F)(F)F)C(F)(F)F)cc4OCC23)CC[C@H](C(=O)O)CC1. The lowest BCUT2D eigenvalue weighted by molar-refractivity contribution is -0.348. The predicted molar refractivity (Wildman–Crippen MR) is 140 cm³/mol. The van der Waals surface area contributed by atoms with Crippen LogP contribution in [-0.2, 0) is 29.8 Å². The molecular formula is C29H28F7NO6S. The van der Waals surface area contributed by atoms with E-state index < -0.39 is 79.8 Å². The zero-order valence-corrected chi connectivity index (χ0v) is 24.0. The van der Waals surface area contributed by atoms with Crippen molar-refractivity contribution in [2.75, 3.05) is 13.2 Å². The van der Waals surface area contributed by atoms with Gasteiger partial charge in [0, 0.05) is 23.1 Å². The van der Waals surface area contributed by atoms with Crippen LogP contribution in [0.4, 0.5) is 30.7 Å². The highest BCUT2D eigenvalue weighted by Gasteiger charge is 2.74. The van der Waals surface area contributed by atoms with E-state index in [9.17, 15) is 53.8 Å². The Kier molecular flexibility index (Phi) is 7.53. The summed E-state index contributed by atoms with van der Waals surface area (Å²) in [6, 6.07) is 6.93. The molecule has 0 spiro atoms. The van der Waals surface area contributed by atoms with Crippen molar-refractivity contribution in [1.82, 2.24) is 4.90 Å². The standard InChI is InChI=1S/C29H28F7NO6S/c1-25(11-9-17(10-12-25)23(38)39)24(40)37-14-13-26(44(41,42)19-5-3-2-4-6-19)20-8-7-18(15-21(20)43-16-22(26)37)27(30,28(31,32)33)29(34,35)36/h2-8,15,17,22H,9-14,16H2,1H3,(H,38,39)/t17-,22?,25-,26?. The van der Waals surface area contributed by atoms with Crippen molar-refractivity contribution in [1.29, 1.82) is 0 Å². The zero-order chi connectivity index (χ0) is 32.5. The lowest BCUT2D eigenvalue weighted by Crippen LogP contribution is -2.57. The third kappa shape index (κ3) is 4.55. The van der Waals surface area contributed by atoms with Crippen LogP contribution in [0.3, 0.4) is 0 Å². The Labute approximate surface area is 247 Å². The first kappa shape index (κ1) is 32.0. The Balaban J connectivity index is 1.63. The molecule has 2 fully saturated rings. The van der Waals surface area contributed by atoms with Crippen molar-refractivity contribution in [3.8, 4) is 5.75 Å². The van der Waals surface area contributed by atoms with E-state index in [1.807, 2.05) is 0 Å². The molecule has 3 aliphatic rings.